The van der Waals surface area contributed by atoms with Gasteiger partial charge in [-0.05, 0) is 5.56 Å². The predicted octanol–water partition coefficient (Wildman–Crippen LogP) is 3.26. The summed E-state index contributed by atoms with van der Waals surface area (Å²) in [5, 5.41) is 0. The fourth-order valence-corrected chi connectivity index (χ4v) is 4.00. The van der Waals surface area contributed by atoms with Crippen LogP contribution in [0.2, 0.25) is 0 Å². The maximum Gasteiger partial charge on any atom is 0.184 e. The Morgan fingerprint density at radius 1 is 1.03 bits per heavy atom. The zero-order valence-corrected chi connectivity index (χ0v) is 16.4. The van der Waals surface area contributed by atoms with Crippen molar-refractivity contribution >= 4 is 6.29 Å². The molecule has 0 saturated carbocycles. The van der Waals surface area contributed by atoms with Crippen molar-refractivity contribution in [1.29, 1.82) is 0 Å². The number of hydrogen-bond acceptors (Lipinski definition) is 6. The van der Waals surface area contributed by atoms with Crippen molar-refractivity contribution in [2.45, 2.75) is 43.9 Å². The highest BCUT2D eigenvalue weighted by molar-refractivity contribution is 5.50. The van der Waals surface area contributed by atoms with Crippen molar-refractivity contribution in [3.63, 3.8) is 0 Å². The Hall–Kier alpha value is -2.09. The van der Waals surface area contributed by atoms with E-state index in [0.29, 0.717) is 19.6 Å². The smallest absolute Gasteiger partial charge is 0.184 e. The van der Waals surface area contributed by atoms with Crippen molar-refractivity contribution in [2.75, 3.05) is 13.7 Å². The lowest BCUT2D eigenvalue weighted by Gasteiger charge is -2.48. The van der Waals surface area contributed by atoms with Crippen molar-refractivity contribution in [2.24, 2.45) is 5.92 Å². The van der Waals surface area contributed by atoms with Gasteiger partial charge in [-0.15, -0.1) is 0 Å². The van der Waals surface area contributed by atoms with E-state index in [0.717, 1.165) is 17.4 Å². The standard InChI is InChI=1S/C23H26O6/c1-25-23-21(26-14-16-8-4-2-5-9-16)18(12-13-24)20-19(28-23)15-27-22(29-20)17-10-6-3-7-11-17/h2-11,13,18-23H,12,14-15H2,1H3/t18-,19+,20-,21-,22?,23-/m0/s1. The fourth-order valence-electron chi connectivity index (χ4n) is 4.00. The van der Waals surface area contributed by atoms with Crippen LogP contribution in [0.1, 0.15) is 23.8 Å². The minimum atomic E-state index is -0.592. The second kappa shape index (κ2) is 9.61. The lowest BCUT2D eigenvalue weighted by Crippen LogP contribution is -2.60. The van der Waals surface area contributed by atoms with Crippen LogP contribution in [-0.2, 0) is 35.1 Å². The molecule has 6 heteroatoms. The average Bonchev–Trinajstić information content (AvgIpc) is 2.79. The quantitative estimate of drug-likeness (QED) is 0.667. The van der Waals surface area contributed by atoms with Crippen LogP contribution in [-0.4, -0.2) is 44.6 Å². The second-order valence-corrected chi connectivity index (χ2v) is 7.28. The second-order valence-electron chi connectivity index (χ2n) is 7.28. The number of ether oxygens (including phenoxy) is 5. The first-order chi connectivity index (χ1) is 14.3. The zero-order valence-electron chi connectivity index (χ0n) is 16.4. The van der Waals surface area contributed by atoms with Gasteiger partial charge in [0.2, 0.25) is 0 Å². The van der Waals surface area contributed by atoms with E-state index >= 15 is 0 Å². The summed E-state index contributed by atoms with van der Waals surface area (Å²) < 4.78 is 30.0. The minimum Gasteiger partial charge on any atom is -0.368 e. The molecule has 2 aliphatic rings. The van der Waals surface area contributed by atoms with E-state index in [1.807, 2.05) is 60.7 Å². The molecule has 2 aromatic carbocycles. The monoisotopic (exact) mass is 398 g/mol. The summed E-state index contributed by atoms with van der Waals surface area (Å²) >= 11 is 0. The Labute approximate surface area is 170 Å². The molecule has 0 amide bonds. The van der Waals surface area contributed by atoms with Crippen LogP contribution < -0.4 is 0 Å². The summed E-state index contributed by atoms with van der Waals surface area (Å²) in [6.07, 6.45) is -0.955. The SMILES string of the molecule is CO[C@H]1O[C@@H]2COC(c3ccccc3)O[C@H]2[C@H](CC=O)[C@@H]1OCc1ccccc1. The van der Waals surface area contributed by atoms with E-state index in [1.165, 1.54) is 0 Å². The van der Waals surface area contributed by atoms with Gasteiger partial charge in [0.15, 0.2) is 12.6 Å². The molecule has 154 valence electrons. The number of aldehydes is 1. The Balaban J connectivity index is 1.53. The predicted molar refractivity (Wildman–Crippen MR) is 105 cm³/mol. The van der Waals surface area contributed by atoms with Gasteiger partial charge in [-0.2, -0.15) is 0 Å². The maximum absolute atomic E-state index is 11.5. The molecule has 29 heavy (non-hydrogen) atoms. The number of benzene rings is 2. The number of methoxy groups -OCH3 is 1. The van der Waals surface area contributed by atoms with E-state index in [9.17, 15) is 4.79 Å². The fraction of sp³-hybridized carbons (Fsp3) is 0.435. The summed E-state index contributed by atoms with van der Waals surface area (Å²) in [6, 6.07) is 19.7. The highest BCUT2D eigenvalue weighted by Crippen LogP contribution is 2.39. The van der Waals surface area contributed by atoms with Gasteiger partial charge < -0.3 is 28.5 Å². The normalized spacial score (nSPS) is 31.8. The molecule has 6 nitrogen and oxygen atoms in total. The summed E-state index contributed by atoms with van der Waals surface area (Å²) in [5.41, 5.74) is 1.98. The van der Waals surface area contributed by atoms with E-state index < -0.39 is 18.7 Å². The Morgan fingerprint density at radius 3 is 2.45 bits per heavy atom. The van der Waals surface area contributed by atoms with Crippen molar-refractivity contribution in [1.82, 2.24) is 0 Å². The number of carbonyl (C=O) groups excluding carboxylic acids is 1. The molecule has 2 heterocycles. The number of carbonyl (C=O) groups is 1. The molecule has 0 N–H and O–H groups in total. The Morgan fingerprint density at radius 2 is 1.76 bits per heavy atom. The zero-order chi connectivity index (χ0) is 20.1. The van der Waals surface area contributed by atoms with Crippen LogP contribution in [0.25, 0.3) is 0 Å². The third-order valence-corrected chi connectivity index (χ3v) is 5.44. The van der Waals surface area contributed by atoms with Gasteiger partial charge in [-0.1, -0.05) is 60.7 Å². The van der Waals surface area contributed by atoms with E-state index in [2.05, 4.69) is 0 Å². The Bertz CT molecular complexity index is 761. The van der Waals surface area contributed by atoms with Crippen LogP contribution in [0.5, 0.6) is 0 Å². The van der Waals surface area contributed by atoms with Crippen molar-refractivity contribution in [3.05, 3.63) is 71.8 Å². The largest absolute Gasteiger partial charge is 0.368 e. The first kappa shape index (κ1) is 20.2. The highest BCUT2D eigenvalue weighted by Gasteiger charge is 2.50. The van der Waals surface area contributed by atoms with Gasteiger partial charge in [0.1, 0.15) is 18.5 Å². The van der Waals surface area contributed by atoms with Crippen LogP contribution >= 0.6 is 0 Å². The molecule has 4 rings (SSSR count). The Kier molecular flexibility index (Phi) is 6.69. The van der Waals surface area contributed by atoms with Gasteiger partial charge in [0.25, 0.3) is 0 Å². The first-order valence-corrected chi connectivity index (χ1v) is 9.89. The van der Waals surface area contributed by atoms with Crippen LogP contribution in [0.4, 0.5) is 0 Å². The molecular formula is C23H26O6. The molecule has 1 unspecified atom stereocenters. The molecule has 2 fully saturated rings. The number of rotatable bonds is 7. The third kappa shape index (κ3) is 4.57. The summed E-state index contributed by atoms with van der Waals surface area (Å²) in [5.74, 6) is -0.199. The van der Waals surface area contributed by atoms with Gasteiger partial charge in [-0.3, -0.25) is 0 Å². The lowest BCUT2D eigenvalue weighted by atomic mass is 9.85. The summed E-state index contributed by atoms with van der Waals surface area (Å²) in [7, 11) is 1.58. The molecular weight excluding hydrogens is 372 g/mol. The van der Waals surface area contributed by atoms with E-state index in [-0.39, 0.29) is 18.1 Å². The number of hydrogen-bond donors (Lipinski definition) is 0. The van der Waals surface area contributed by atoms with Crippen LogP contribution in [0.3, 0.4) is 0 Å². The van der Waals surface area contributed by atoms with E-state index in [4.69, 9.17) is 23.7 Å². The molecule has 2 aliphatic heterocycles. The van der Waals surface area contributed by atoms with Gasteiger partial charge in [0, 0.05) is 25.0 Å². The summed E-state index contributed by atoms with van der Waals surface area (Å²) in [6.45, 7) is 0.769. The highest BCUT2D eigenvalue weighted by atomic mass is 16.7. The molecule has 0 bridgehead atoms. The minimum absolute atomic E-state index is 0.199. The maximum atomic E-state index is 11.5. The van der Waals surface area contributed by atoms with Gasteiger partial charge >= 0.3 is 0 Å². The van der Waals surface area contributed by atoms with Crippen molar-refractivity contribution in [3.8, 4) is 0 Å². The molecule has 6 atom stereocenters. The summed E-state index contributed by atoms with van der Waals surface area (Å²) in [4.78, 5) is 11.5. The topological polar surface area (TPSA) is 63.2 Å². The van der Waals surface area contributed by atoms with Crippen LogP contribution in [0.15, 0.2) is 60.7 Å². The average molecular weight is 398 g/mol. The van der Waals surface area contributed by atoms with E-state index in [1.54, 1.807) is 7.11 Å². The molecule has 0 radical (unpaired) electrons. The lowest BCUT2D eigenvalue weighted by molar-refractivity contribution is -0.355. The van der Waals surface area contributed by atoms with Crippen LogP contribution in [0, 0.1) is 5.92 Å². The van der Waals surface area contributed by atoms with Crippen molar-refractivity contribution < 1.29 is 28.5 Å². The molecule has 2 saturated heterocycles. The molecule has 0 aliphatic carbocycles. The molecule has 0 spiro atoms. The molecule has 0 aromatic heterocycles. The van der Waals surface area contributed by atoms with Gasteiger partial charge in [0.05, 0.1) is 19.3 Å². The number of fused-ring (bicyclic) bond motifs is 1. The molecule has 2 aromatic rings. The third-order valence-electron chi connectivity index (χ3n) is 5.44. The first-order valence-electron chi connectivity index (χ1n) is 9.89. The van der Waals surface area contributed by atoms with Gasteiger partial charge in [-0.25, -0.2) is 0 Å².